The van der Waals surface area contributed by atoms with Crippen LogP contribution >= 0.6 is 18.5 Å². The molecule has 0 spiro atoms. The fourth-order valence-electron chi connectivity index (χ4n) is 1.08. The van der Waals surface area contributed by atoms with Crippen molar-refractivity contribution in [1.82, 2.24) is 4.90 Å². The molecule has 0 radical (unpaired) electrons. The van der Waals surface area contributed by atoms with Crippen LogP contribution in [0.15, 0.2) is 0 Å². The van der Waals surface area contributed by atoms with E-state index < -0.39 is 0 Å². The second kappa shape index (κ2) is 2.46. The highest BCUT2D eigenvalue weighted by Crippen LogP contribution is 2.37. The van der Waals surface area contributed by atoms with E-state index in [1.807, 2.05) is 0 Å². The molecule has 3 heteroatoms. The lowest BCUT2D eigenvalue weighted by Gasteiger charge is -2.47. The number of hydrogen-bond acceptors (Lipinski definition) is 1. The van der Waals surface area contributed by atoms with Gasteiger partial charge in [-0.15, -0.1) is 18.5 Å². The molecular formula is C6H15NP2. The van der Waals surface area contributed by atoms with Crippen molar-refractivity contribution < 1.29 is 0 Å². The number of nitrogens with zero attached hydrogens (tertiary/aromatic N) is 1. The molecular weight excluding hydrogens is 148 g/mol. The van der Waals surface area contributed by atoms with Crippen LogP contribution in [-0.2, 0) is 0 Å². The van der Waals surface area contributed by atoms with E-state index >= 15 is 0 Å². The van der Waals surface area contributed by atoms with E-state index in [1.165, 1.54) is 13.1 Å². The summed E-state index contributed by atoms with van der Waals surface area (Å²) in [6.07, 6.45) is 0. The van der Waals surface area contributed by atoms with Crippen LogP contribution in [0.3, 0.4) is 0 Å². The zero-order chi connectivity index (χ0) is 7.07. The molecule has 2 atom stereocenters. The van der Waals surface area contributed by atoms with Gasteiger partial charge in [-0.3, -0.25) is 4.90 Å². The Bertz CT molecular complexity index is 104. The van der Waals surface area contributed by atoms with Crippen LogP contribution < -0.4 is 0 Å². The van der Waals surface area contributed by atoms with Crippen LogP contribution in [-0.4, -0.2) is 28.9 Å². The maximum atomic E-state index is 2.87. The van der Waals surface area contributed by atoms with Crippen molar-refractivity contribution >= 4 is 18.5 Å². The average molecular weight is 163 g/mol. The van der Waals surface area contributed by atoms with E-state index in [-0.39, 0.29) is 0 Å². The molecule has 1 aliphatic rings. The summed E-state index contributed by atoms with van der Waals surface area (Å²) < 4.78 is 0. The Hall–Kier alpha value is 0.820. The lowest BCUT2D eigenvalue weighted by molar-refractivity contribution is 0.132. The Kier molecular flexibility index (Phi) is 2.16. The maximum absolute atomic E-state index is 2.87. The molecule has 2 unspecified atom stereocenters. The predicted molar refractivity (Wildman–Crippen MR) is 48.9 cm³/mol. The Morgan fingerprint density at radius 2 is 1.78 bits per heavy atom. The van der Waals surface area contributed by atoms with Gasteiger partial charge in [-0.25, -0.2) is 0 Å². The van der Waals surface area contributed by atoms with Gasteiger partial charge in [0.15, 0.2) is 0 Å². The minimum absolute atomic E-state index is 0.435. The van der Waals surface area contributed by atoms with E-state index in [0.717, 1.165) is 6.04 Å². The third-order valence-corrected chi connectivity index (χ3v) is 2.46. The van der Waals surface area contributed by atoms with Gasteiger partial charge in [0.2, 0.25) is 0 Å². The summed E-state index contributed by atoms with van der Waals surface area (Å²) in [6, 6.07) is 0.722. The summed E-state index contributed by atoms with van der Waals surface area (Å²) >= 11 is 0. The molecule has 0 aromatic carbocycles. The summed E-state index contributed by atoms with van der Waals surface area (Å²) in [4.78, 5) is 2.89. The Balaban J connectivity index is 2.27. The van der Waals surface area contributed by atoms with Gasteiger partial charge in [-0.05, 0) is 13.8 Å². The molecule has 0 bridgehead atoms. The van der Waals surface area contributed by atoms with E-state index in [1.54, 1.807) is 0 Å². The third-order valence-electron chi connectivity index (χ3n) is 1.73. The third kappa shape index (κ3) is 1.87. The van der Waals surface area contributed by atoms with Crippen molar-refractivity contribution in [3.8, 4) is 0 Å². The highest BCUT2D eigenvalue weighted by Gasteiger charge is 2.35. The van der Waals surface area contributed by atoms with Gasteiger partial charge in [0.1, 0.15) is 0 Å². The van der Waals surface area contributed by atoms with E-state index in [4.69, 9.17) is 0 Å². The molecule has 54 valence electrons. The highest BCUT2D eigenvalue weighted by molar-refractivity contribution is 7.40. The van der Waals surface area contributed by atoms with Crippen LogP contribution in [0.2, 0.25) is 0 Å². The molecule has 0 N–H and O–H groups in total. The zero-order valence-corrected chi connectivity index (χ0v) is 8.40. The summed E-state index contributed by atoms with van der Waals surface area (Å²) in [7, 11) is 5.74. The monoisotopic (exact) mass is 163 g/mol. The topological polar surface area (TPSA) is 3.24 Å². The molecule has 0 aromatic rings. The highest BCUT2D eigenvalue weighted by atomic mass is 31.1. The van der Waals surface area contributed by atoms with Crippen LogP contribution in [0, 0.1) is 0 Å². The normalized spacial score (nSPS) is 26.3. The molecule has 0 aromatic heterocycles. The van der Waals surface area contributed by atoms with Gasteiger partial charge >= 0.3 is 0 Å². The zero-order valence-electron chi connectivity index (χ0n) is 6.09. The first-order valence-electron chi connectivity index (χ1n) is 3.33. The minimum atomic E-state index is 0.435. The van der Waals surface area contributed by atoms with Crippen molar-refractivity contribution in [2.75, 3.05) is 13.1 Å². The second-order valence-corrected chi connectivity index (χ2v) is 6.20. The summed E-state index contributed by atoms with van der Waals surface area (Å²) in [5.74, 6) is 0. The van der Waals surface area contributed by atoms with Gasteiger partial charge in [-0.2, -0.15) is 0 Å². The number of rotatable bonds is 1. The maximum Gasteiger partial charge on any atom is 0.0245 e. The second-order valence-electron chi connectivity index (χ2n) is 3.23. The van der Waals surface area contributed by atoms with Crippen LogP contribution in [0.4, 0.5) is 0 Å². The lowest BCUT2D eigenvalue weighted by Crippen LogP contribution is -2.56. The summed E-state index contributed by atoms with van der Waals surface area (Å²) in [5, 5.41) is 0. The molecule has 0 saturated carbocycles. The molecule has 0 aliphatic carbocycles. The SMILES string of the molecule is CC(C)N1CC(P)(P)C1. The minimum Gasteiger partial charge on any atom is -0.298 e. The van der Waals surface area contributed by atoms with Crippen molar-refractivity contribution in [1.29, 1.82) is 0 Å². The van der Waals surface area contributed by atoms with Crippen molar-refractivity contribution in [3.05, 3.63) is 0 Å². The first-order chi connectivity index (χ1) is 4.01. The predicted octanol–water partition coefficient (Wildman–Crippen LogP) is 1.16. The Morgan fingerprint density at radius 3 is 1.89 bits per heavy atom. The molecule has 1 rings (SSSR count). The summed E-state index contributed by atoms with van der Waals surface area (Å²) in [6.45, 7) is 6.90. The van der Waals surface area contributed by atoms with Crippen LogP contribution in [0.5, 0.6) is 0 Å². The average Bonchev–Trinajstić information content (AvgIpc) is 1.59. The van der Waals surface area contributed by atoms with Gasteiger partial charge in [0, 0.05) is 24.0 Å². The lowest BCUT2D eigenvalue weighted by atomic mass is 10.1. The summed E-state index contributed by atoms with van der Waals surface area (Å²) in [5.41, 5.74) is 0. The number of hydrogen-bond donors (Lipinski definition) is 0. The van der Waals surface area contributed by atoms with Crippen molar-refractivity contribution in [2.45, 2.75) is 24.8 Å². The molecule has 9 heavy (non-hydrogen) atoms. The molecule has 1 fully saturated rings. The quantitative estimate of drug-likeness (QED) is 0.524. The van der Waals surface area contributed by atoms with Gasteiger partial charge < -0.3 is 0 Å². The first kappa shape index (κ1) is 7.92. The standard InChI is InChI=1S/C6H15NP2/c1-5(2)7-3-6(8,9)4-7/h5H,3-4,8-9H2,1-2H3. The van der Waals surface area contributed by atoms with E-state index in [0.29, 0.717) is 4.90 Å². The molecule has 1 saturated heterocycles. The van der Waals surface area contributed by atoms with E-state index in [9.17, 15) is 0 Å². The first-order valence-corrected chi connectivity index (χ1v) is 4.48. The van der Waals surface area contributed by atoms with E-state index in [2.05, 4.69) is 37.2 Å². The van der Waals surface area contributed by atoms with Gasteiger partial charge in [0.05, 0.1) is 0 Å². The van der Waals surface area contributed by atoms with Crippen LogP contribution in [0.1, 0.15) is 13.8 Å². The van der Waals surface area contributed by atoms with Crippen molar-refractivity contribution in [2.24, 2.45) is 0 Å². The van der Waals surface area contributed by atoms with Crippen LogP contribution in [0.25, 0.3) is 0 Å². The molecule has 0 amide bonds. The Labute approximate surface area is 62.0 Å². The fraction of sp³-hybridized carbons (Fsp3) is 1.00. The molecule has 1 nitrogen and oxygen atoms in total. The number of likely N-dealkylation sites (tertiary alicyclic amines) is 1. The molecule has 1 heterocycles. The fourth-order valence-corrected chi connectivity index (χ4v) is 2.01. The smallest absolute Gasteiger partial charge is 0.0245 e. The molecule has 1 aliphatic heterocycles. The van der Waals surface area contributed by atoms with Crippen molar-refractivity contribution in [3.63, 3.8) is 0 Å². The largest absolute Gasteiger partial charge is 0.298 e. The van der Waals surface area contributed by atoms with Gasteiger partial charge in [-0.1, -0.05) is 0 Å². The van der Waals surface area contributed by atoms with Gasteiger partial charge in [0.25, 0.3) is 0 Å². The Morgan fingerprint density at radius 1 is 1.33 bits per heavy atom.